The summed E-state index contributed by atoms with van der Waals surface area (Å²) in [6.45, 7) is 7.49. The van der Waals surface area contributed by atoms with E-state index < -0.39 is 19.9 Å². The van der Waals surface area contributed by atoms with Crippen LogP contribution < -0.4 is 0 Å². The predicted octanol–water partition coefficient (Wildman–Crippen LogP) is 0.815. The molecule has 1 rings (SSSR count). The van der Waals surface area contributed by atoms with E-state index in [4.69, 9.17) is 0 Å². The van der Waals surface area contributed by atoms with Crippen LogP contribution in [0, 0.1) is 5.92 Å². The molecule has 1 heterocycles. The predicted molar refractivity (Wildman–Crippen MR) is 77.1 cm³/mol. The second-order valence-electron chi connectivity index (χ2n) is 4.80. The van der Waals surface area contributed by atoms with Gasteiger partial charge in [0.15, 0.2) is 9.84 Å². The van der Waals surface area contributed by atoms with Crippen LogP contribution in [0.2, 0.25) is 0 Å². The number of sulfone groups is 1. The minimum Gasteiger partial charge on any atom is -0.229 e. The molecule has 1 fully saturated rings. The fraction of sp³-hybridized carbons (Fsp3) is 0.667. The molecule has 0 bridgehead atoms. The van der Waals surface area contributed by atoms with Gasteiger partial charge in [-0.1, -0.05) is 12.2 Å². The molecule has 1 aliphatic rings. The SMILES string of the molecule is C=CCN(CC=C)S(=O)(=O)CC1CCCS(=O)(=O)C1. The third-order valence-electron chi connectivity index (χ3n) is 3.06. The Labute approximate surface area is 116 Å². The van der Waals surface area contributed by atoms with Crippen LogP contribution in [0.15, 0.2) is 25.3 Å². The molecule has 0 saturated carbocycles. The summed E-state index contributed by atoms with van der Waals surface area (Å²) in [5.41, 5.74) is 0. The van der Waals surface area contributed by atoms with Crippen molar-refractivity contribution in [2.45, 2.75) is 12.8 Å². The monoisotopic (exact) mass is 307 g/mol. The maximum Gasteiger partial charge on any atom is 0.214 e. The quantitative estimate of drug-likeness (QED) is 0.653. The van der Waals surface area contributed by atoms with Crippen molar-refractivity contribution in [3.63, 3.8) is 0 Å². The third-order valence-corrected chi connectivity index (χ3v) is 6.93. The van der Waals surface area contributed by atoms with E-state index in [9.17, 15) is 16.8 Å². The van der Waals surface area contributed by atoms with Crippen LogP contribution in [0.1, 0.15) is 12.8 Å². The van der Waals surface area contributed by atoms with Gasteiger partial charge in [-0.25, -0.2) is 16.8 Å². The van der Waals surface area contributed by atoms with E-state index >= 15 is 0 Å². The first-order chi connectivity index (χ1) is 8.80. The molecule has 0 aromatic carbocycles. The summed E-state index contributed by atoms with van der Waals surface area (Å²) in [5.74, 6) is -0.274. The minimum absolute atomic E-state index is 0.0255. The largest absolute Gasteiger partial charge is 0.229 e. The van der Waals surface area contributed by atoms with Crippen molar-refractivity contribution in [3.05, 3.63) is 25.3 Å². The molecule has 0 aliphatic carbocycles. The molecule has 5 nitrogen and oxygen atoms in total. The number of sulfonamides is 1. The topological polar surface area (TPSA) is 71.5 Å². The second kappa shape index (κ2) is 6.67. The Balaban J connectivity index is 2.77. The summed E-state index contributed by atoms with van der Waals surface area (Å²) in [6.07, 6.45) is 4.22. The van der Waals surface area contributed by atoms with Gasteiger partial charge < -0.3 is 0 Å². The first-order valence-corrected chi connectivity index (χ1v) is 9.64. The number of nitrogens with zero attached hydrogens (tertiary/aromatic N) is 1. The van der Waals surface area contributed by atoms with Gasteiger partial charge in [0.25, 0.3) is 0 Å². The van der Waals surface area contributed by atoms with Crippen molar-refractivity contribution in [2.24, 2.45) is 5.92 Å². The molecule has 110 valence electrons. The van der Waals surface area contributed by atoms with Gasteiger partial charge in [0.05, 0.1) is 17.3 Å². The third kappa shape index (κ3) is 5.08. The average molecular weight is 307 g/mol. The van der Waals surface area contributed by atoms with Crippen LogP contribution in [0.4, 0.5) is 0 Å². The summed E-state index contributed by atoms with van der Waals surface area (Å²) in [4.78, 5) is 0. The van der Waals surface area contributed by atoms with E-state index in [0.717, 1.165) is 0 Å². The zero-order valence-electron chi connectivity index (χ0n) is 11.0. The summed E-state index contributed by atoms with van der Waals surface area (Å²) < 4.78 is 48.8. The van der Waals surface area contributed by atoms with Crippen molar-refractivity contribution in [2.75, 3.05) is 30.3 Å². The molecule has 1 aliphatic heterocycles. The Morgan fingerprint density at radius 3 is 2.26 bits per heavy atom. The Bertz CT molecular complexity index is 512. The maximum absolute atomic E-state index is 12.2. The summed E-state index contributed by atoms with van der Waals surface area (Å²) >= 11 is 0. The first-order valence-electron chi connectivity index (χ1n) is 6.21. The summed E-state index contributed by atoms with van der Waals surface area (Å²) in [7, 11) is -6.55. The standard InChI is InChI=1S/C12H21NO4S2/c1-3-7-13(8-4-2)19(16,17)11-12-6-5-9-18(14,15)10-12/h3-4,12H,1-2,5-11H2. The number of hydrogen-bond donors (Lipinski definition) is 0. The molecule has 7 heteroatoms. The van der Waals surface area contributed by atoms with Crippen molar-refractivity contribution < 1.29 is 16.8 Å². The summed E-state index contributed by atoms with van der Waals surface area (Å²) in [5, 5.41) is 0. The molecule has 0 radical (unpaired) electrons. The van der Waals surface area contributed by atoms with E-state index in [0.29, 0.717) is 12.8 Å². The Morgan fingerprint density at radius 2 is 1.79 bits per heavy atom. The van der Waals surface area contributed by atoms with E-state index in [1.54, 1.807) is 0 Å². The van der Waals surface area contributed by atoms with E-state index in [2.05, 4.69) is 13.2 Å². The first kappa shape index (κ1) is 16.4. The number of hydrogen-bond acceptors (Lipinski definition) is 4. The highest BCUT2D eigenvalue weighted by Crippen LogP contribution is 2.21. The fourth-order valence-electron chi connectivity index (χ4n) is 2.24. The van der Waals surface area contributed by atoms with Gasteiger partial charge in [-0.3, -0.25) is 0 Å². The van der Waals surface area contributed by atoms with Gasteiger partial charge in [-0.05, 0) is 18.8 Å². The molecule has 1 atom stereocenters. The van der Waals surface area contributed by atoms with Gasteiger partial charge in [-0.2, -0.15) is 4.31 Å². The minimum atomic E-state index is -3.47. The van der Waals surface area contributed by atoms with Crippen LogP contribution >= 0.6 is 0 Å². The highest BCUT2D eigenvalue weighted by atomic mass is 32.2. The van der Waals surface area contributed by atoms with Crippen molar-refractivity contribution in [1.82, 2.24) is 4.31 Å². The highest BCUT2D eigenvalue weighted by Gasteiger charge is 2.30. The van der Waals surface area contributed by atoms with Gasteiger partial charge in [-0.15, -0.1) is 13.2 Å². The van der Waals surface area contributed by atoms with Crippen LogP contribution in [-0.2, 0) is 19.9 Å². The van der Waals surface area contributed by atoms with Crippen LogP contribution in [0.3, 0.4) is 0 Å². The molecule has 0 aromatic heterocycles. The van der Waals surface area contributed by atoms with E-state index in [-0.39, 0.29) is 36.3 Å². The van der Waals surface area contributed by atoms with E-state index in [1.165, 1.54) is 16.5 Å². The number of rotatable bonds is 7. The van der Waals surface area contributed by atoms with Gasteiger partial charge >= 0.3 is 0 Å². The zero-order valence-corrected chi connectivity index (χ0v) is 12.6. The smallest absolute Gasteiger partial charge is 0.214 e. The molecular formula is C12H21NO4S2. The van der Waals surface area contributed by atoms with Crippen LogP contribution in [0.25, 0.3) is 0 Å². The molecule has 0 amide bonds. The normalized spacial score (nSPS) is 23.1. The Morgan fingerprint density at radius 1 is 1.21 bits per heavy atom. The molecule has 0 spiro atoms. The van der Waals surface area contributed by atoms with Gasteiger partial charge in [0.1, 0.15) is 0 Å². The maximum atomic E-state index is 12.2. The lowest BCUT2D eigenvalue weighted by Gasteiger charge is -2.25. The molecule has 0 N–H and O–H groups in total. The highest BCUT2D eigenvalue weighted by molar-refractivity contribution is 7.91. The lowest BCUT2D eigenvalue weighted by atomic mass is 10.1. The van der Waals surface area contributed by atoms with E-state index in [1.807, 2.05) is 0 Å². The molecular weight excluding hydrogens is 286 g/mol. The lowest BCUT2D eigenvalue weighted by Crippen LogP contribution is -2.38. The average Bonchev–Trinajstić information content (AvgIpc) is 2.26. The molecule has 1 unspecified atom stereocenters. The fourth-order valence-corrected chi connectivity index (χ4v) is 5.92. The molecule has 19 heavy (non-hydrogen) atoms. The molecule has 1 saturated heterocycles. The van der Waals surface area contributed by atoms with Crippen molar-refractivity contribution in [1.29, 1.82) is 0 Å². The van der Waals surface area contributed by atoms with Gasteiger partial charge in [0.2, 0.25) is 10.0 Å². The van der Waals surface area contributed by atoms with Gasteiger partial charge in [0, 0.05) is 13.1 Å². The van der Waals surface area contributed by atoms with Crippen LogP contribution in [0.5, 0.6) is 0 Å². The second-order valence-corrected chi connectivity index (χ2v) is 9.04. The Hall–Kier alpha value is -0.660. The zero-order chi connectivity index (χ0) is 14.5. The summed E-state index contributed by atoms with van der Waals surface area (Å²) in [6, 6.07) is 0. The Kier molecular flexibility index (Phi) is 5.76. The van der Waals surface area contributed by atoms with Crippen molar-refractivity contribution >= 4 is 19.9 Å². The van der Waals surface area contributed by atoms with Crippen molar-refractivity contribution in [3.8, 4) is 0 Å². The molecule has 0 aromatic rings. The lowest BCUT2D eigenvalue weighted by molar-refractivity contribution is 0.453. The van der Waals surface area contributed by atoms with Crippen LogP contribution in [-0.4, -0.2) is 51.5 Å².